The molecule has 0 fully saturated rings. The van der Waals surface area contributed by atoms with Crippen molar-refractivity contribution in [3.8, 4) is 33.8 Å². The number of pyridine rings is 2. The van der Waals surface area contributed by atoms with Crippen molar-refractivity contribution < 1.29 is 4.39 Å². The number of aromatic amines is 2. The van der Waals surface area contributed by atoms with Gasteiger partial charge in [0.1, 0.15) is 11.5 Å². The summed E-state index contributed by atoms with van der Waals surface area (Å²) >= 11 is 0. The van der Waals surface area contributed by atoms with Crippen molar-refractivity contribution in [3.05, 3.63) is 78.5 Å². The van der Waals surface area contributed by atoms with Crippen molar-refractivity contribution in [2.45, 2.75) is 6.92 Å². The third-order valence-corrected chi connectivity index (χ3v) is 5.63. The number of anilines is 1. The van der Waals surface area contributed by atoms with Crippen molar-refractivity contribution in [1.29, 1.82) is 0 Å². The lowest BCUT2D eigenvalue weighted by Gasteiger charge is -2.04. The summed E-state index contributed by atoms with van der Waals surface area (Å²) in [7, 11) is 0. The number of nitrogens with one attached hydrogen (secondary N) is 2. The lowest BCUT2D eigenvalue weighted by molar-refractivity contribution is 0.627. The van der Waals surface area contributed by atoms with Crippen molar-refractivity contribution in [2.24, 2.45) is 0 Å². The second-order valence-corrected chi connectivity index (χ2v) is 8.00. The molecule has 0 amide bonds. The van der Waals surface area contributed by atoms with E-state index in [2.05, 4.69) is 30.1 Å². The Hall–Kier alpha value is -4.59. The number of hydrogen-bond donors (Lipinski definition) is 3. The van der Waals surface area contributed by atoms with E-state index in [1.54, 1.807) is 18.6 Å². The summed E-state index contributed by atoms with van der Waals surface area (Å²) in [5, 5.41) is 8.46. The van der Waals surface area contributed by atoms with Crippen LogP contribution in [0.2, 0.25) is 0 Å². The average molecular weight is 435 g/mol. The highest BCUT2D eigenvalue weighted by Gasteiger charge is 2.17. The SMILES string of the molecule is Cc1cc(F)cc(-c2ccnc3nc(-c4n[nH]c5ccc(-c6cncc(N)c6)cc45)[nH]c23)c1. The zero-order chi connectivity index (χ0) is 22.5. The molecule has 0 atom stereocenters. The van der Waals surface area contributed by atoms with Crippen molar-refractivity contribution in [2.75, 3.05) is 5.73 Å². The molecule has 0 aliphatic heterocycles. The minimum absolute atomic E-state index is 0.281. The molecular weight excluding hydrogens is 417 g/mol. The normalized spacial score (nSPS) is 11.5. The Bertz CT molecular complexity index is 1640. The quantitative estimate of drug-likeness (QED) is 0.351. The summed E-state index contributed by atoms with van der Waals surface area (Å²) in [5.41, 5.74) is 13.6. The van der Waals surface area contributed by atoms with Gasteiger partial charge in [0.15, 0.2) is 11.5 Å². The molecule has 0 aliphatic rings. The van der Waals surface area contributed by atoms with Crippen LogP contribution in [0.25, 0.3) is 55.8 Å². The monoisotopic (exact) mass is 435 g/mol. The molecule has 160 valence electrons. The first kappa shape index (κ1) is 19.1. The Morgan fingerprint density at radius 1 is 0.939 bits per heavy atom. The third kappa shape index (κ3) is 3.28. The number of H-pyrrole nitrogens is 2. The zero-order valence-corrected chi connectivity index (χ0v) is 17.6. The highest BCUT2D eigenvalue weighted by Crippen LogP contribution is 2.33. The molecule has 0 radical (unpaired) electrons. The topological polar surface area (TPSA) is 109 Å². The van der Waals surface area contributed by atoms with Gasteiger partial charge in [-0.15, -0.1) is 0 Å². The van der Waals surface area contributed by atoms with Gasteiger partial charge in [0.05, 0.1) is 16.7 Å². The van der Waals surface area contributed by atoms with Crippen LogP contribution in [0.4, 0.5) is 10.1 Å². The van der Waals surface area contributed by atoms with Gasteiger partial charge in [0, 0.05) is 35.1 Å². The van der Waals surface area contributed by atoms with Gasteiger partial charge >= 0.3 is 0 Å². The van der Waals surface area contributed by atoms with E-state index in [1.807, 2.05) is 43.3 Å². The molecule has 4 aromatic heterocycles. The van der Waals surface area contributed by atoms with Crippen LogP contribution < -0.4 is 5.73 Å². The first-order valence-corrected chi connectivity index (χ1v) is 10.4. The van der Waals surface area contributed by atoms with Gasteiger partial charge in [-0.1, -0.05) is 12.1 Å². The van der Waals surface area contributed by atoms with E-state index in [4.69, 9.17) is 5.73 Å². The van der Waals surface area contributed by atoms with E-state index in [0.29, 0.717) is 22.9 Å². The summed E-state index contributed by atoms with van der Waals surface area (Å²) in [6, 6.07) is 14.7. The van der Waals surface area contributed by atoms with E-state index < -0.39 is 0 Å². The molecule has 6 rings (SSSR count). The number of fused-ring (bicyclic) bond motifs is 2. The summed E-state index contributed by atoms with van der Waals surface area (Å²) in [4.78, 5) is 16.6. The number of halogens is 1. The van der Waals surface area contributed by atoms with Gasteiger partial charge in [-0.3, -0.25) is 10.1 Å². The number of aryl methyl sites for hydroxylation is 1. The molecule has 4 N–H and O–H groups in total. The van der Waals surface area contributed by atoms with E-state index in [1.165, 1.54) is 12.1 Å². The second kappa shape index (κ2) is 7.23. The molecular formula is C25H18FN7. The molecule has 0 spiro atoms. The zero-order valence-electron chi connectivity index (χ0n) is 17.6. The molecule has 0 bridgehead atoms. The number of rotatable bonds is 3. The summed E-state index contributed by atoms with van der Waals surface area (Å²) in [6.45, 7) is 1.87. The predicted molar refractivity (Wildman–Crippen MR) is 127 cm³/mol. The predicted octanol–water partition coefficient (Wildman–Crippen LogP) is 5.26. The Labute approximate surface area is 187 Å². The van der Waals surface area contributed by atoms with Crippen LogP contribution in [0, 0.1) is 12.7 Å². The van der Waals surface area contributed by atoms with E-state index in [0.717, 1.165) is 44.2 Å². The number of hydrogen-bond acceptors (Lipinski definition) is 5. The molecule has 8 heteroatoms. The van der Waals surface area contributed by atoms with Crippen molar-refractivity contribution >= 4 is 27.8 Å². The molecule has 7 nitrogen and oxygen atoms in total. The molecule has 2 aromatic carbocycles. The minimum Gasteiger partial charge on any atom is -0.397 e. The van der Waals surface area contributed by atoms with Crippen molar-refractivity contribution in [1.82, 2.24) is 30.1 Å². The van der Waals surface area contributed by atoms with Gasteiger partial charge in [-0.25, -0.2) is 14.4 Å². The summed E-state index contributed by atoms with van der Waals surface area (Å²) < 4.78 is 14.1. The number of imidazole rings is 1. The van der Waals surface area contributed by atoms with Crippen LogP contribution in [-0.4, -0.2) is 30.1 Å². The molecule has 0 saturated carbocycles. The lowest BCUT2D eigenvalue weighted by Crippen LogP contribution is -1.88. The molecule has 4 heterocycles. The molecule has 0 saturated heterocycles. The molecule has 0 unspecified atom stereocenters. The van der Waals surface area contributed by atoms with Gasteiger partial charge < -0.3 is 10.7 Å². The van der Waals surface area contributed by atoms with Gasteiger partial charge in [-0.05, 0) is 60.0 Å². The largest absolute Gasteiger partial charge is 0.397 e. The Kier molecular flexibility index (Phi) is 4.19. The number of benzene rings is 2. The first-order chi connectivity index (χ1) is 16.0. The minimum atomic E-state index is -0.281. The number of nitrogens with zero attached hydrogens (tertiary/aromatic N) is 4. The average Bonchev–Trinajstić information content (AvgIpc) is 3.41. The standard InChI is InChI=1S/C25H18FN7/c1-13-6-15(8-17(26)7-13)19-4-5-29-24-22(19)30-25(31-24)23-20-10-14(2-3-21(20)32-33-23)16-9-18(27)12-28-11-16/h2-12H,27H2,1H3,(H,32,33)(H,29,30,31). The highest BCUT2D eigenvalue weighted by atomic mass is 19.1. The number of nitrogens with two attached hydrogens (primary N) is 1. The van der Waals surface area contributed by atoms with Crippen LogP contribution >= 0.6 is 0 Å². The van der Waals surface area contributed by atoms with E-state index in [9.17, 15) is 4.39 Å². The molecule has 33 heavy (non-hydrogen) atoms. The van der Waals surface area contributed by atoms with Crippen molar-refractivity contribution in [3.63, 3.8) is 0 Å². The molecule has 0 aliphatic carbocycles. The summed E-state index contributed by atoms with van der Waals surface area (Å²) in [6.07, 6.45) is 5.07. The van der Waals surface area contributed by atoms with Crippen LogP contribution in [0.1, 0.15) is 5.56 Å². The van der Waals surface area contributed by atoms with Gasteiger partial charge in [-0.2, -0.15) is 5.10 Å². The second-order valence-electron chi connectivity index (χ2n) is 8.00. The fraction of sp³-hybridized carbons (Fsp3) is 0.0400. The van der Waals surface area contributed by atoms with Gasteiger partial charge in [0.2, 0.25) is 0 Å². The fourth-order valence-electron chi connectivity index (χ4n) is 4.15. The maximum atomic E-state index is 14.1. The first-order valence-electron chi connectivity index (χ1n) is 10.4. The summed E-state index contributed by atoms with van der Waals surface area (Å²) in [5.74, 6) is 0.295. The van der Waals surface area contributed by atoms with Crippen LogP contribution in [0.3, 0.4) is 0 Å². The smallest absolute Gasteiger partial charge is 0.178 e. The van der Waals surface area contributed by atoms with Crippen LogP contribution in [-0.2, 0) is 0 Å². The fourth-order valence-corrected chi connectivity index (χ4v) is 4.15. The highest BCUT2D eigenvalue weighted by molar-refractivity contribution is 5.97. The third-order valence-electron chi connectivity index (χ3n) is 5.63. The Morgan fingerprint density at radius 3 is 2.70 bits per heavy atom. The van der Waals surface area contributed by atoms with Crippen LogP contribution in [0.15, 0.2) is 67.1 Å². The van der Waals surface area contributed by atoms with Crippen LogP contribution in [0.5, 0.6) is 0 Å². The Balaban J connectivity index is 1.51. The maximum Gasteiger partial charge on any atom is 0.178 e. The Morgan fingerprint density at radius 2 is 1.85 bits per heavy atom. The maximum absolute atomic E-state index is 14.1. The van der Waals surface area contributed by atoms with E-state index in [-0.39, 0.29) is 5.82 Å². The lowest BCUT2D eigenvalue weighted by atomic mass is 10.0. The number of nitrogen functional groups attached to an aromatic ring is 1. The molecule has 6 aromatic rings. The van der Waals surface area contributed by atoms with E-state index >= 15 is 0 Å². The van der Waals surface area contributed by atoms with Gasteiger partial charge in [0.25, 0.3) is 0 Å². The number of aromatic nitrogens is 6.